The monoisotopic (exact) mass is 373 g/mol. The number of halogens is 1. The minimum absolute atomic E-state index is 0.141. The van der Waals surface area contributed by atoms with Crippen LogP contribution in [0.25, 0.3) is 0 Å². The molecule has 0 saturated heterocycles. The second-order valence-corrected chi connectivity index (χ2v) is 7.33. The van der Waals surface area contributed by atoms with E-state index >= 15 is 0 Å². The summed E-state index contributed by atoms with van der Waals surface area (Å²) in [5.74, 6) is 0.598. The molecule has 0 radical (unpaired) electrons. The number of aromatic nitrogens is 1. The number of rotatable bonds is 4. The highest BCUT2D eigenvalue weighted by Gasteiger charge is 2.23. The van der Waals surface area contributed by atoms with Gasteiger partial charge in [0.15, 0.2) is 0 Å². The molecule has 6 nitrogen and oxygen atoms in total. The van der Waals surface area contributed by atoms with Crippen LogP contribution in [0.15, 0.2) is 32.1 Å². The standard InChI is InChI=1S/C13H16BrN3O3S/c1-7-13(9(3)20-16-7)8(2)17-21(18,19)10-4-5-12(15)11(14)6-10/h4-6,8,17H,15H2,1-3H3. The van der Waals surface area contributed by atoms with Gasteiger partial charge in [-0.05, 0) is 54.9 Å². The number of sulfonamides is 1. The molecule has 114 valence electrons. The molecule has 8 heteroatoms. The van der Waals surface area contributed by atoms with Crippen molar-refractivity contribution >= 4 is 31.6 Å². The van der Waals surface area contributed by atoms with Gasteiger partial charge in [0, 0.05) is 21.8 Å². The van der Waals surface area contributed by atoms with Crippen LogP contribution >= 0.6 is 15.9 Å². The molecule has 0 fully saturated rings. The van der Waals surface area contributed by atoms with Crippen molar-refractivity contribution in [2.75, 3.05) is 5.73 Å². The summed E-state index contributed by atoms with van der Waals surface area (Å²) in [5.41, 5.74) is 7.56. The van der Waals surface area contributed by atoms with Crippen LogP contribution in [0.2, 0.25) is 0 Å². The molecule has 1 aromatic carbocycles. The Kier molecular flexibility index (Phi) is 4.40. The Labute approximate surface area is 131 Å². The molecule has 1 heterocycles. The van der Waals surface area contributed by atoms with Gasteiger partial charge >= 0.3 is 0 Å². The number of anilines is 1. The lowest BCUT2D eigenvalue weighted by Crippen LogP contribution is -2.27. The number of benzene rings is 1. The number of hydrogen-bond acceptors (Lipinski definition) is 5. The lowest BCUT2D eigenvalue weighted by Gasteiger charge is -2.14. The molecular formula is C13H16BrN3O3S. The Morgan fingerprint density at radius 1 is 1.38 bits per heavy atom. The van der Waals surface area contributed by atoms with Gasteiger partial charge in [0.25, 0.3) is 0 Å². The molecule has 0 aliphatic carbocycles. The fraction of sp³-hybridized carbons (Fsp3) is 0.308. The van der Waals surface area contributed by atoms with Crippen molar-refractivity contribution in [2.24, 2.45) is 0 Å². The molecule has 2 rings (SSSR count). The van der Waals surface area contributed by atoms with Gasteiger partial charge in [0.1, 0.15) is 5.76 Å². The highest BCUT2D eigenvalue weighted by molar-refractivity contribution is 9.10. The average Bonchev–Trinajstić information content (AvgIpc) is 2.71. The maximum Gasteiger partial charge on any atom is 0.241 e. The van der Waals surface area contributed by atoms with Crippen molar-refractivity contribution in [3.8, 4) is 0 Å². The van der Waals surface area contributed by atoms with E-state index in [2.05, 4.69) is 25.8 Å². The second-order valence-electron chi connectivity index (χ2n) is 4.76. The molecule has 0 bridgehead atoms. The maximum atomic E-state index is 12.4. The van der Waals surface area contributed by atoms with E-state index in [0.717, 1.165) is 5.56 Å². The molecule has 1 unspecified atom stereocenters. The first-order chi connectivity index (χ1) is 9.72. The first kappa shape index (κ1) is 16.0. The SMILES string of the molecule is Cc1noc(C)c1C(C)NS(=O)(=O)c1ccc(N)c(Br)c1. The van der Waals surface area contributed by atoms with Gasteiger partial charge in [0.05, 0.1) is 10.6 Å². The van der Waals surface area contributed by atoms with Crippen LogP contribution in [0.4, 0.5) is 5.69 Å². The molecule has 1 aromatic heterocycles. The largest absolute Gasteiger partial charge is 0.398 e. The fourth-order valence-electron chi connectivity index (χ4n) is 2.14. The molecule has 0 saturated carbocycles. The van der Waals surface area contributed by atoms with Crippen LogP contribution in [0.5, 0.6) is 0 Å². The Bertz CT molecular complexity index is 751. The Balaban J connectivity index is 2.31. The summed E-state index contributed by atoms with van der Waals surface area (Å²) >= 11 is 3.22. The quantitative estimate of drug-likeness (QED) is 0.802. The molecule has 0 amide bonds. The van der Waals surface area contributed by atoms with E-state index in [1.807, 2.05) is 0 Å². The predicted octanol–water partition coefficient (Wildman–Crippen LogP) is 2.68. The zero-order chi connectivity index (χ0) is 15.8. The molecule has 21 heavy (non-hydrogen) atoms. The maximum absolute atomic E-state index is 12.4. The van der Waals surface area contributed by atoms with Gasteiger partial charge in [-0.15, -0.1) is 0 Å². The molecule has 0 spiro atoms. The van der Waals surface area contributed by atoms with Gasteiger partial charge < -0.3 is 10.3 Å². The fourth-order valence-corrected chi connectivity index (χ4v) is 3.91. The van der Waals surface area contributed by atoms with Gasteiger partial charge in [-0.25, -0.2) is 13.1 Å². The van der Waals surface area contributed by atoms with E-state index in [0.29, 0.717) is 21.6 Å². The molecule has 3 N–H and O–H groups in total. The minimum atomic E-state index is -3.66. The Morgan fingerprint density at radius 2 is 2.05 bits per heavy atom. The summed E-state index contributed by atoms with van der Waals surface area (Å²) in [5, 5.41) is 3.83. The second kappa shape index (κ2) is 5.78. The average molecular weight is 374 g/mol. The Morgan fingerprint density at radius 3 is 2.57 bits per heavy atom. The van der Waals surface area contributed by atoms with Gasteiger partial charge in [0.2, 0.25) is 10.0 Å². The normalized spacial score (nSPS) is 13.3. The number of nitrogens with two attached hydrogens (primary N) is 1. The summed E-state index contributed by atoms with van der Waals surface area (Å²) in [7, 11) is -3.66. The summed E-state index contributed by atoms with van der Waals surface area (Å²) < 4.78 is 33.0. The summed E-state index contributed by atoms with van der Waals surface area (Å²) in [6, 6.07) is 4.02. The Hall–Kier alpha value is -1.38. The van der Waals surface area contributed by atoms with Crippen molar-refractivity contribution in [2.45, 2.75) is 31.7 Å². The summed E-state index contributed by atoms with van der Waals surface area (Å²) in [6.07, 6.45) is 0. The third-order valence-corrected chi connectivity index (χ3v) is 5.36. The van der Waals surface area contributed by atoms with E-state index in [4.69, 9.17) is 10.3 Å². The number of nitrogens with zero attached hydrogens (tertiary/aromatic N) is 1. The van der Waals surface area contributed by atoms with Crippen molar-refractivity contribution in [1.29, 1.82) is 0 Å². The van der Waals surface area contributed by atoms with Crippen molar-refractivity contribution in [1.82, 2.24) is 9.88 Å². The van der Waals surface area contributed by atoms with E-state index < -0.39 is 16.1 Å². The first-order valence-corrected chi connectivity index (χ1v) is 8.50. The van der Waals surface area contributed by atoms with E-state index in [1.54, 1.807) is 26.8 Å². The van der Waals surface area contributed by atoms with Crippen molar-refractivity contribution < 1.29 is 12.9 Å². The smallest absolute Gasteiger partial charge is 0.241 e. The summed E-state index contributed by atoms with van der Waals surface area (Å²) in [4.78, 5) is 0.141. The molecular weight excluding hydrogens is 358 g/mol. The van der Waals surface area contributed by atoms with Crippen LogP contribution in [-0.2, 0) is 10.0 Å². The summed E-state index contributed by atoms with van der Waals surface area (Å²) in [6.45, 7) is 5.27. The van der Waals surface area contributed by atoms with Crippen molar-refractivity contribution in [3.05, 3.63) is 39.7 Å². The van der Waals surface area contributed by atoms with Gasteiger partial charge in [-0.3, -0.25) is 0 Å². The van der Waals surface area contributed by atoms with Gasteiger partial charge in [-0.2, -0.15) is 0 Å². The topological polar surface area (TPSA) is 98.2 Å². The number of nitrogen functional groups attached to an aromatic ring is 1. The molecule has 0 aliphatic heterocycles. The highest BCUT2D eigenvalue weighted by Crippen LogP contribution is 2.26. The van der Waals surface area contributed by atoms with Crippen LogP contribution in [0.1, 0.15) is 30.0 Å². The third kappa shape index (κ3) is 3.28. The van der Waals surface area contributed by atoms with Crippen molar-refractivity contribution in [3.63, 3.8) is 0 Å². The van der Waals surface area contributed by atoms with Crippen LogP contribution in [-0.4, -0.2) is 13.6 Å². The molecule has 1 atom stereocenters. The lowest BCUT2D eigenvalue weighted by molar-refractivity contribution is 0.391. The number of hydrogen-bond donors (Lipinski definition) is 2. The predicted molar refractivity (Wildman–Crippen MR) is 83.3 cm³/mol. The number of aryl methyl sites for hydroxylation is 2. The van der Waals surface area contributed by atoms with Crippen LogP contribution in [0, 0.1) is 13.8 Å². The van der Waals surface area contributed by atoms with Crippen LogP contribution in [0.3, 0.4) is 0 Å². The molecule has 0 aliphatic rings. The van der Waals surface area contributed by atoms with E-state index in [-0.39, 0.29) is 4.90 Å². The first-order valence-electron chi connectivity index (χ1n) is 6.22. The van der Waals surface area contributed by atoms with Gasteiger partial charge in [-0.1, -0.05) is 5.16 Å². The molecule has 2 aromatic rings. The third-order valence-electron chi connectivity index (χ3n) is 3.14. The van der Waals surface area contributed by atoms with E-state index in [1.165, 1.54) is 12.1 Å². The zero-order valence-corrected chi connectivity index (χ0v) is 14.2. The highest BCUT2D eigenvalue weighted by atomic mass is 79.9. The minimum Gasteiger partial charge on any atom is -0.398 e. The number of nitrogens with one attached hydrogen (secondary N) is 1. The van der Waals surface area contributed by atoms with Crippen LogP contribution < -0.4 is 10.5 Å². The van der Waals surface area contributed by atoms with E-state index in [9.17, 15) is 8.42 Å². The lowest BCUT2D eigenvalue weighted by atomic mass is 10.1. The zero-order valence-electron chi connectivity index (χ0n) is 11.8.